The van der Waals surface area contributed by atoms with Crippen LogP contribution in [0.15, 0.2) is 65.6 Å². The fourth-order valence-electron chi connectivity index (χ4n) is 4.51. The Morgan fingerprint density at radius 3 is 2.18 bits per heavy atom. The molecular weight excluding hydrogens is 674 g/mol. The van der Waals surface area contributed by atoms with E-state index in [2.05, 4.69) is 5.32 Å². The number of nitrogens with one attached hydrogen (secondary N) is 1. The number of hydrogen-bond acceptors (Lipinski definition) is 4. The summed E-state index contributed by atoms with van der Waals surface area (Å²) in [6.07, 6.45) is -3.25. The van der Waals surface area contributed by atoms with Crippen molar-refractivity contribution in [2.24, 2.45) is 0 Å². The van der Waals surface area contributed by atoms with Crippen molar-refractivity contribution in [2.45, 2.75) is 63.7 Å². The van der Waals surface area contributed by atoms with Crippen LogP contribution in [-0.4, -0.2) is 44.3 Å². The monoisotopic (exact) mass is 705 g/mol. The van der Waals surface area contributed by atoms with Gasteiger partial charge in [0, 0.05) is 23.1 Å². The number of halogens is 6. The van der Waals surface area contributed by atoms with Crippen LogP contribution in [0.5, 0.6) is 0 Å². The molecule has 0 radical (unpaired) electrons. The summed E-state index contributed by atoms with van der Waals surface area (Å²) in [5.74, 6) is -1.32. The van der Waals surface area contributed by atoms with Gasteiger partial charge in [0.15, 0.2) is 0 Å². The summed E-state index contributed by atoms with van der Waals surface area (Å²) in [6.45, 7) is 4.59. The molecule has 2 amide bonds. The highest BCUT2D eigenvalue weighted by atomic mass is 35.5. The Hall–Kier alpha value is -2.99. The van der Waals surface area contributed by atoms with Crippen LogP contribution in [0.25, 0.3) is 0 Å². The van der Waals surface area contributed by atoms with Crippen molar-refractivity contribution in [1.82, 2.24) is 10.2 Å². The van der Waals surface area contributed by atoms with Gasteiger partial charge in [-0.2, -0.15) is 13.2 Å². The van der Waals surface area contributed by atoms with Crippen molar-refractivity contribution in [3.63, 3.8) is 0 Å². The Bertz CT molecular complexity index is 1620. The predicted octanol–water partition coefficient (Wildman–Crippen LogP) is 7.89. The predicted molar refractivity (Wildman–Crippen MR) is 171 cm³/mol. The van der Waals surface area contributed by atoms with Gasteiger partial charge in [0.05, 0.1) is 21.2 Å². The lowest BCUT2D eigenvalue weighted by atomic mass is 10.1. The van der Waals surface area contributed by atoms with Crippen molar-refractivity contribution in [1.29, 1.82) is 0 Å². The maximum absolute atomic E-state index is 14.1. The van der Waals surface area contributed by atoms with E-state index in [1.54, 1.807) is 26.0 Å². The van der Waals surface area contributed by atoms with E-state index >= 15 is 0 Å². The highest BCUT2D eigenvalue weighted by Gasteiger charge is 2.37. The van der Waals surface area contributed by atoms with Gasteiger partial charge < -0.3 is 10.2 Å². The Morgan fingerprint density at radius 2 is 1.60 bits per heavy atom. The van der Waals surface area contributed by atoms with Crippen LogP contribution in [0.1, 0.15) is 49.8 Å². The Balaban J connectivity index is 2.15. The third-order valence-electron chi connectivity index (χ3n) is 7.00. The fourth-order valence-corrected chi connectivity index (χ4v) is 6.61. The zero-order valence-electron chi connectivity index (χ0n) is 24.8. The molecule has 0 aromatic heterocycles. The van der Waals surface area contributed by atoms with Crippen LogP contribution < -0.4 is 9.62 Å². The summed E-state index contributed by atoms with van der Waals surface area (Å²) >= 11 is 18.3. The molecule has 0 fully saturated rings. The zero-order valence-corrected chi connectivity index (χ0v) is 27.9. The SMILES string of the molecule is CCCCNC(=O)C(CC)N(Cc1ccc(Cl)cc1Cl)C(=O)CN(c1ccc(Cl)c(C(F)(F)F)c1)S(=O)(=O)c1ccc(C)cc1. The van der Waals surface area contributed by atoms with Crippen molar-refractivity contribution >= 4 is 62.3 Å². The number of anilines is 1. The van der Waals surface area contributed by atoms with Crippen LogP contribution >= 0.6 is 34.8 Å². The molecule has 0 saturated heterocycles. The number of rotatable bonds is 13. The van der Waals surface area contributed by atoms with E-state index in [4.69, 9.17) is 34.8 Å². The van der Waals surface area contributed by atoms with Crippen molar-refractivity contribution in [3.05, 3.63) is 92.4 Å². The number of carbonyl (C=O) groups excluding carboxylic acids is 2. The molecule has 3 aromatic rings. The minimum absolute atomic E-state index is 0.152. The number of unbranched alkanes of at least 4 members (excludes halogenated alkanes) is 1. The molecule has 0 saturated carbocycles. The quantitative estimate of drug-likeness (QED) is 0.183. The van der Waals surface area contributed by atoms with E-state index < -0.39 is 56.9 Å². The van der Waals surface area contributed by atoms with Gasteiger partial charge in [0.2, 0.25) is 11.8 Å². The minimum atomic E-state index is -4.91. The van der Waals surface area contributed by atoms with Gasteiger partial charge in [-0.1, -0.05) is 78.8 Å². The molecule has 0 aliphatic rings. The first-order valence-electron chi connectivity index (χ1n) is 14.1. The largest absolute Gasteiger partial charge is 0.417 e. The number of alkyl halides is 3. The molecule has 7 nitrogen and oxygen atoms in total. The number of nitrogens with zero attached hydrogens (tertiary/aromatic N) is 2. The normalized spacial score (nSPS) is 12.5. The van der Waals surface area contributed by atoms with Crippen LogP contribution in [0.4, 0.5) is 18.9 Å². The smallest absolute Gasteiger partial charge is 0.354 e. The Morgan fingerprint density at radius 1 is 0.933 bits per heavy atom. The highest BCUT2D eigenvalue weighted by Crippen LogP contribution is 2.38. The van der Waals surface area contributed by atoms with Crippen LogP contribution in [-0.2, 0) is 32.3 Å². The number of aryl methyl sites for hydroxylation is 1. The standard InChI is InChI=1S/C31H33Cl3F3N3O4S/c1-4-6-15-38-30(42)28(5-2)39(18-21-9-10-22(32)16-27(21)34)29(41)19-40(45(43,44)24-12-7-20(3)8-13-24)23-11-14-26(33)25(17-23)31(35,36)37/h7-14,16-17,28H,4-6,15,18-19H2,1-3H3,(H,38,42). The molecule has 0 spiro atoms. The lowest BCUT2D eigenvalue weighted by Gasteiger charge is -2.33. The number of benzene rings is 3. The van der Waals surface area contributed by atoms with Gasteiger partial charge in [-0.25, -0.2) is 8.42 Å². The van der Waals surface area contributed by atoms with E-state index in [1.807, 2.05) is 6.92 Å². The minimum Gasteiger partial charge on any atom is -0.354 e. The molecule has 1 N–H and O–H groups in total. The molecule has 3 rings (SSSR count). The number of hydrogen-bond donors (Lipinski definition) is 1. The second kappa shape index (κ2) is 15.5. The van der Waals surface area contributed by atoms with Crippen LogP contribution in [0.3, 0.4) is 0 Å². The van der Waals surface area contributed by atoms with Gasteiger partial charge in [0.25, 0.3) is 10.0 Å². The lowest BCUT2D eigenvalue weighted by Crippen LogP contribution is -2.52. The average molecular weight is 707 g/mol. The first-order valence-corrected chi connectivity index (χ1v) is 16.6. The molecule has 0 heterocycles. The topological polar surface area (TPSA) is 86.8 Å². The summed E-state index contributed by atoms with van der Waals surface area (Å²) in [5.41, 5.74) is -0.545. The molecule has 1 atom stereocenters. The Labute approximate surface area is 276 Å². The lowest BCUT2D eigenvalue weighted by molar-refractivity contribution is -0.140. The molecule has 3 aromatic carbocycles. The highest BCUT2D eigenvalue weighted by molar-refractivity contribution is 7.92. The van der Waals surface area contributed by atoms with E-state index in [-0.39, 0.29) is 22.9 Å². The Kier molecular flexibility index (Phi) is 12.6. The maximum atomic E-state index is 14.1. The van der Waals surface area contributed by atoms with Gasteiger partial charge in [0.1, 0.15) is 12.6 Å². The average Bonchev–Trinajstić information content (AvgIpc) is 2.97. The molecule has 0 aliphatic carbocycles. The third-order valence-corrected chi connectivity index (χ3v) is 9.71. The summed E-state index contributed by atoms with van der Waals surface area (Å²) in [4.78, 5) is 28.4. The first-order chi connectivity index (χ1) is 21.1. The summed E-state index contributed by atoms with van der Waals surface area (Å²) in [7, 11) is -4.60. The molecular formula is C31H33Cl3F3N3O4S. The van der Waals surface area contributed by atoms with Gasteiger partial charge in [-0.05, 0) is 67.8 Å². The molecule has 14 heteroatoms. The van der Waals surface area contributed by atoms with Gasteiger partial charge in [-0.15, -0.1) is 0 Å². The molecule has 0 aliphatic heterocycles. The zero-order chi connectivity index (χ0) is 33.5. The fraction of sp³-hybridized carbons (Fsp3) is 0.355. The van der Waals surface area contributed by atoms with Crippen molar-refractivity contribution in [3.8, 4) is 0 Å². The summed E-state index contributed by atoms with van der Waals surface area (Å²) in [6, 6.07) is 11.8. The third kappa shape index (κ3) is 9.28. The van der Waals surface area contributed by atoms with Crippen LogP contribution in [0, 0.1) is 6.92 Å². The van der Waals surface area contributed by atoms with Crippen molar-refractivity contribution in [2.75, 3.05) is 17.4 Å². The summed E-state index contributed by atoms with van der Waals surface area (Å²) in [5, 5.41) is 2.70. The number of sulfonamides is 1. The van der Waals surface area contributed by atoms with E-state index in [9.17, 15) is 31.2 Å². The van der Waals surface area contributed by atoms with Crippen molar-refractivity contribution < 1.29 is 31.2 Å². The van der Waals surface area contributed by atoms with Gasteiger partial charge in [-0.3, -0.25) is 13.9 Å². The second-order valence-corrected chi connectivity index (χ2v) is 13.4. The van der Waals surface area contributed by atoms with E-state index in [0.29, 0.717) is 33.9 Å². The number of carbonyl (C=O) groups is 2. The summed E-state index contributed by atoms with van der Waals surface area (Å²) < 4.78 is 70.0. The molecule has 0 bridgehead atoms. The molecule has 45 heavy (non-hydrogen) atoms. The molecule has 244 valence electrons. The van der Waals surface area contributed by atoms with E-state index in [1.165, 1.54) is 35.2 Å². The molecule has 1 unspecified atom stereocenters. The van der Waals surface area contributed by atoms with Gasteiger partial charge >= 0.3 is 6.18 Å². The second-order valence-electron chi connectivity index (χ2n) is 10.3. The van der Waals surface area contributed by atoms with Crippen LogP contribution in [0.2, 0.25) is 15.1 Å². The maximum Gasteiger partial charge on any atom is 0.417 e. The van der Waals surface area contributed by atoms with E-state index in [0.717, 1.165) is 24.1 Å². The number of amides is 2. The first kappa shape index (κ1) is 36.5.